The van der Waals surface area contributed by atoms with E-state index in [4.69, 9.17) is 5.73 Å². The van der Waals surface area contributed by atoms with Crippen LogP contribution in [0.4, 0.5) is 17.6 Å². The van der Waals surface area contributed by atoms with Crippen LogP contribution >= 0.6 is 15.9 Å². The molecule has 0 bridgehead atoms. The highest BCUT2D eigenvalue weighted by molar-refractivity contribution is 9.10. The minimum Gasteiger partial charge on any atom is -0.320 e. The van der Waals surface area contributed by atoms with E-state index in [1.807, 2.05) is 0 Å². The number of rotatable bonds is 2. The Labute approximate surface area is 120 Å². The molecule has 0 aliphatic carbocycles. The summed E-state index contributed by atoms with van der Waals surface area (Å²) < 4.78 is 53.0. The van der Waals surface area contributed by atoms with Crippen molar-refractivity contribution in [3.8, 4) is 0 Å². The molecule has 2 rings (SSSR count). The molecule has 1 heterocycles. The topological polar surface area (TPSA) is 38.9 Å². The Hall–Kier alpha value is -1.47. The van der Waals surface area contributed by atoms with Crippen molar-refractivity contribution in [2.75, 3.05) is 0 Å². The minimum atomic E-state index is -4.57. The van der Waals surface area contributed by atoms with E-state index in [1.54, 1.807) is 0 Å². The monoisotopic (exact) mass is 348 g/mol. The predicted molar refractivity (Wildman–Crippen MR) is 69.4 cm³/mol. The standard InChI is InChI=1S/C13H9BrF4N2/c14-7-1-2-8(11(15)5-7)12(19)9-6-20-4-3-10(9)13(16,17)18/h1-6,12H,19H2. The second-order valence-electron chi connectivity index (χ2n) is 4.10. The summed E-state index contributed by atoms with van der Waals surface area (Å²) in [5.74, 6) is -0.677. The molecule has 7 heteroatoms. The van der Waals surface area contributed by atoms with Gasteiger partial charge in [-0.05, 0) is 18.2 Å². The van der Waals surface area contributed by atoms with E-state index in [-0.39, 0.29) is 11.1 Å². The molecule has 2 aromatic rings. The molecule has 2 N–H and O–H groups in total. The maximum Gasteiger partial charge on any atom is 0.416 e. The number of benzene rings is 1. The molecule has 1 unspecified atom stereocenters. The van der Waals surface area contributed by atoms with Gasteiger partial charge in [0.25, 0.3) is 0 Å². The van der Waals surface area contributed by atoms with Crippen molar-refractivity contribution in [3.63, 3.8) is 0 Å². The Morgan fingerprint density at radius 1 is 1.15 bits per heavy atom. The molecule has 1 atom stereocenters. The van der Waals surface area contributed by atoms with Crippen LogP contribution in [0, 0.1) is 5.82 Å². The molecular weight excluding hydrogens is 340 g/mol. The van der Waals surface area contributed by atoms with Crippen molar-refractivity contribution < 1.29 is 17.6 Å². The number of hydrogen-bond acceptors (Lipinski definition) is 2. The van der Waals surface area contributed by atoms with Gasteiger partial charge in [-0.1, -0.05) is 22.0 Å². The van der Waals surface area contributed by atoms with Crippen LogP contribution in [0.5, 0.6) is 0 Å². The van der Waals surface area contributed by atoms with Crippen molar-refractivity contribution in [3.05, 3.63) is 63.6 Å². The highest BCUT2D eigenvalue weighted by Gasteiger charge is 2.35. The van der Waals surface area contributed by atoms with E-state index in [9.17, 15) is 17.6 Å². The number of pyridine rings is 1. The minimum absolute atomic E-state index is 0.0216. The van der Waals surface area contributed by atoms with Gasteiger partial charge in [0, 0.05) is 28.0 Å². The van der Waals surface area contributed by atoms with Gasteiger partial charge in [0.05, 0.1) is 11.6 Å². The van der Waals surface area contributed by atoms with E-state index < -0.39 is 23.6 Å². The lowest BCUT2D eigenvalue weighted by molar-refractivity contribution is -0.138. The van der Waals surface area contributed by atoms with Crippen LogP contribution in [0.3, 0.4) is 0 Å². The molecule has 1 aromatic heterocycles. The largest absolute Gasteiger partial charge is 0.416 e. The second kappa shape index (κ2) is 5.49. The zero-order valence-electron chi connectivity index (χ0n) is 9.96. The molecule has 20 heavy (non-hydrogen) atoms. The van der Waals surface area contributed by atoms with Crippen molar-refractivity contribution in [2.24, 2.45) is 5.73 Å². The molecule has 0 fully saturated rings. The third-order valence-electron chi connectivity index (χ3n) is 2.79. The van der Waals surface area contributed by atoms with Gasteiger partial charge in [0.15, 0.2) is 0 Å². The molecule has 0 aliphatic heterocycles. The highest BCUT2D eigenvalue weighted by Crippen LogP contribution is 2.35. The first-order valence-corrected chi connectivity index (χ1v) is 6.31. The summed E-state index contributed by atoms with van der Waals surface area (Å²) in [7, 11) is 0. The first-order valence-electron chi connectivity index (χ1n) is 5.52. The van der Waals surface area contributed by atoms with E-state index in [1.165, 1.54) is 12.1 Å². The van der Waals surface area contributed by atoms with Crippen molar-refractivity contribution in [1.82, 2.24) is 4.98 Å². The predicted octanol–water partition coefficient (Wildman–Crippen LogP) is 4.05. The Morgan fingerprint density at radius 2 is 1.85 bits per heavy atom. The quantitative estimate of drug-likeness (QED) is 0.831. The van der Waals surface area contributed by atoms with Gasteiger partial charge in [0.2, 0.25) is 0 Å². The first kappa shape index (κ1) is 14.9. The number of hydrogen-bond donors (Lipinski definition) is 1. The highest BCUT2D eigenvalue weighted by atomic mass is 79.9. The Morgan fingerprint density at radius 3 is 2.45 bits per heavy atom. The summed E-state index contributed by atoms with van der Waals surface area (Å²) in [6, 6.07) is 3.60. The van der Waals surface area contributed by atoms with Crippen LogP contribution in [0.25, 0.3) is 0 Å². The smallest absolute Gasteiger partial charge is 0.320 e. The molecular formula is C13H9BrF4N2. The molecule has 106 valence electrons. The summed E-state index contributed by atoms with van der Waals surface area (Å²) in [4.78, 5) is 3.64. The molecule has 0 spiro atoms. The average molecular weight is 349 g/mol. The summed E-state index contributed by atoms with van der Waals surface area (Å²) in [6.45, 7) is 0. The van der Waals surface area contributed by atoms with Gasteiger partial charge < -0.3 is 5.73 Å². The van der Waals surface area contributed by atoms with Crippen LogP contribution in [0.1, 0.15) is 22.7 Å². The maximum absolute atomic E-state index is 13.8. The molecule has 0 aliphatic rings. The van der Waals surface area contributed by atoms with Gasteiger partial charge in [0.1, 0.15) is 5.82 Å². The third kappa shape index (κ3) is 2.99. The Kier molecular flexibility index (Phi) is 4.10. The fourth-order valence-corrected chi connectivity index (χ4v) is 2.17. The molecule has 0 saturated heterocycles. The molecule has 0 saturated carbocycles. The van der Waals surface area contributed by atoms with Gasteiger partial charge in [-0.15, -0.1) is 0 Å². The average Bonchev–Trinajstić information content (AvgIpc) is 2.37. The van der Waals surface area contributed by atoms with Gasteiger partial charge >= 0.3 is 6.18 Å². The second-order valence-corrected chi connectivity index (χ2v) is 5.02. The first-order chi connectivity index (χ1) is 9.30. The fourth-order valence-electron chi connectivity index (χ4n) is 1.83. The van der Waals surface area contributed by atoms with E-state index in [0.717, 1.165) is 24.5 Å². The van der Waals surface area contributed by atoms with Crippen LogP contribution in [0.2, 0.25) is 0 Å². The normalized spacial score (nSPS) is 13.3. The van der Waals surface area contributed by atoms with Crippen LogP contribution in [-0.2, 0) is 6.18 Å². The van der Waals surface area contributed by atoms with Crippen molar-refractivity contribution in [2.45, 2.75) is 12.2 Å². The summed E-state index contributed by atoms with van der Waals surface area (Å²) in [6.07, 6.45) is -2.53. The van der Waals surface area contributed by atoms with E-state index in [0.29, 0.717) is 4.47 Å². The molecule has 1 aromatic carbocycles. The lowest BCUT2D eigenvalue weighted by atomic mass is 9.96. The van der Waals surface area contributed by atoms with E-state index in [2.05, 4.69) is 20.9 Å². The van der Waals surface area contributed by atoms with Crippen molar-refractivity contribution in [1.29, 1.82) is 0 Å². The third-order valence-corrected chi connectivity index (χ3v) is 3.28. The lowest BCUT2D eigenvalue weighted by Gasteiger charge is -2.18. The van der Waals surface area contributed by atoms with Crippen LogP contribution < -0.4 is 5.73 Å². The number of nitrogens with two attached hydrogens (primary N) is 1. The zero-order valence-corrected chi connectivity index (χ0v) is 11.5. The summed E-state index contributed by atoms with van der Waals surface area (Å²) in [5, 5.41) is 0. The summed E-state index contributed by atoms with van der Waals surface area (Å²) >= 11 is 3.07. The van der Waals surface area contributed by atoms with Gasteiger partial charge in [-0.3, -0.25) is 4.98 Å². The fraction of sp³-hybridized carbons (Fsp3) is 0.154. The SMILES string of the molecule is NC(c1ccc(Br)cc1F)c1cnccc1C(F)(F)F. The van der Waals surface area contributed by atoms with Gasteiger partial charge in [-0.2, -0.15) is 13.2 Å². The number of aromatic nitrogens is 1. The lowest BCUT2D eigenvalue weighted by Crippen LogP contribution is -2.19. The van der Waals surface area contributed by atoms with Crippen molar-refractivity contribution >= 4 is 15.9 Å². The Balaban J connectivity index is 2.51. The van der Waals surface area contributed by atoms with E-state index >= 15 is 0 Å². The molecule has 0 amide bonds. The zero-order chi connectivity index (χ0) is 14.9. The molecule has 0 radical (unpaired) electrons. The van der Waals surface area contributed by atoms with Crippen LogP contribution in [0.15, 0.2) is 41.1 Å². The Bertz CT molecular complexity index is 628. The maximum atomic E-state index is 13.8. The number of nitrogens with zero attached hydrogens (tertiary/aromatic N) is 1. The molecule has 2 nitrogen and oxygen atoms in total. The van der Waals surface area contributed by atoms with Gasteiger partial charge in [-0.25, -0.2) is 4.39 Å². The number of alkyl halides is 3. The van der Waals surface area contributed by atoms with Crippen LogP contribution in [-0.4, -0.2) is 4.98 Å². The number of halogens is 5. The summed E-state index contributed by atoms with van der Waals surface area (Å²) in [5.41, 5.74) is 4.57.